The molecule has 7 rings (SSSR count). The minimum atomic E-state index is -0.178. The van der Waals surface area contributed by atoms with Gasteiger partial charge in [-0.15, -0.1) is 0 Å². The second-order valence-corrected chi connectivity index (χ2v) is 12.9. The lowest BCUT2D eigenvalue weighted by Crippen LogP contribution is -2.46. The molecule has 0 bridgehead atoms. The molecular weight excluding hydrogens is 640 g/mol. The number of fused-ring (bicyclic) bond motifs is 1. The summed E-state index contributed by atoms with van der Waals surface area (Å²) in [6.07, 6.45) is 6.93. The van der Waals surface area contributed by atoms with E-state index in [4.69, 9.17) is 0 Å². The number of rotatable bonds is 12. The van der Waals surface area contributed by atoms with E-state index < -0.39 is 0 Å². The molecule has 5 aromatic rings. The molecule has 2 aromatic heterocycles. The Morgan fingerprint density at radius 3 is 2.24 bits per heavy atom. The monoisotopic (exact) mass is 680 g/mol. The summed E-state index contributed by atoms with van der Waals surface area (Å²) in [6.45, 7) is 8.10. The first-order valence-corrected chi connectivity index (χ1v) is 17.3. The maximum absolute atomic E-state index is 13.2. The van der Waals surface area contributed by atoms with E-state index in [1.165, 1.54) is 4.90 Å². The van der Waals surface area contributed by atoms with E-state index in [1.807, 2.05) is 67.6 Å². The Morgan fingerprint density at radius 1 is 0.784 bits per heavy atom. The molecule has 3 amide bonds. The lowest BCUT2D eigenvalue weighted by atomic mass is 10.1. The molecule has 0 saturated carbocycles. The van der Waals surface area contributed by atoms with Crippen LogP contribution in [0, 0.1) is 6.92 Å². The van der Waals surface area contributed by atoms with Crippen LogP contribution in [0.2, 0.25) is 0 Å². The maximum atomic E-state index is 13.2. The minimum absolute atomic E-state index is 0.178. The Bertz CT molecular complexity index is 1990. The highest BCUT2D eigenvalue weighted by Gasteiger charge is 2.34. The molecule has 0 atom stereocenters. The van der Waals surface area contributed by atoms with Crippen LogP contribution >= 0.6 is 0 Å². The molecule has 0 radical (unpaired) electrons. The average molecular weight is 681 g/mol. The van der Waals surface area contributed by atoms with Crippen LogP contribution in [-0.2, 0) is 6.54 Å². The van der Waals surface area contributed by atoms with Gasteiger partial charge in [0.2, 0.25) is 5.95 Å². The van der Waals surface area contributed by atoms with Crippen molar-refractivity contribution in [3.63, 3.8) is 0 Å². The van der Waals surface area contributed by atoms with Crippen molar-refractivity contribution >= 4 is 35.0 Å². The summed E-state index contributed by atoms with van der Waals surface area (Å²) in [5.41, 5.74) is 6.90. The average Bonchev–Trinajstić information content (AvgIpc) is 3.41. The molecule has 1 fully saturated rings. The van der Waals surface area contributed by atoms with Crippen LogP contribution in [0.4, 0.5) is 17.3 Å². The molecule has 2 N–H and O–H groups in total. The van der Waals surface area contributed by atoms with Gasteiger partial charge in [0.15, 0.2) is 0 Å². The van der Waals surface area contributed by atoms with Gasteiger partial charge < -0.3 is 15.5 Å². The Labute approximate surface area is 297 Å². The van der Waals surface area contributed by atoms with Gasteiger partial charge in [0.25, 0.3) is 17.7 Å². The summed E-state index contributed by atoms with van der Waals surface area (Å²) in [6, 6.07) is 26.2. The number of benzene rings is 3. The second-order valence-electron chi connectivity index (χ2n) is 12.9. The lowest BCUT2D eigenvalue weighted by Gasteiger charge is -2.34. The highest BCUT2D eigenvalue weighted by Crippen LogP contribution is 2.25. The first-order chi connectivity index (χ1) is 24.9. The van der Waals surface area contributed by atoms with Gasteiger partial charge in [-0.2, -0.15) is 0 Å². The van der Waals surface area contributed by atoms with Gasteiger partial charge in [0.1, 0.15) is 0 Å². The minimum Gasteiger partial charge on any atom is -0.324 e. The van der Waals surface area contributed by atoms with Gasteiger partial charge in [-0.25, -0.2) is 9.97 Å². The largest absolute Gasteiger partial charge is 0.324 e. The number of piperazine rings is 1. The van der Waals surface area contributed by atoms with Gasteiger partial charge in [-0.3, -0.25) is 29.2 Å². The molecule has 3 aromatic carbocycles. The fourth-order valence-corrected chi connectivity index (χ4v) is 6.49. The zero-order valence-corrected chi connectivity index (χ0v) is 28.6. The van der Waals surface area contributed by atoms with E-state index in [0.717, 1.165) is 80.2 Å². The van der Waals surface area contributed by atoms with E-state index in [1.54, 1.807) is 42.9 Å². The Morgan fingerprint density at radius 2 is 1.51 bits per heavy atom. The number of pyridine rings is 1. The van der Waals surface area contributed by atoms with Crippen LogP contribution in [-0.4, -0.2) is 86.6 Å². The zero-order chi connectivity index (χ0) is 35.2. The molecule has 51 heavy (non-hydrogen) atoms. The van der Waals surface area contributed by atoms with Crippen molar-refractivity contribution in [2.75, 3.05) is 49.9 Å². The van der Waals surface area contributed by atoms with Crippen LogP contribution in [0.15, 0.2) is 104 Å². The number of carbonyl (C=O) groups is 3. The quantitative estimate of drug-likeness (QED) is 0.120. The van der Waals surface area contributed by atoms with E-state index in [2.05, 4.69) is 35.4 Å². The first kappa shape index (κ1) is 33.7. The Hall–Kier alpha value is -5.78. The number of unbranched alkanes of at least 4 members (excludes halogenated alkanes) is 1. The van der Waals surface area contributed by atoms with Crippen LogP contribution in [0.1, 0.15) is 55.0 Å². The lowest BCUT2D eigenvalue weighted by molar-refractivity contribution is 0.0648. The molecule has 258 valence electrons. The van der Waals surface area contributed by atoms with Gasteiger partial charge in [-0.1, -0.05) is 30.3 Å². The normalized spacial score (nSPS) is 14.8. The fraction of sp³-hybridized carbons (Fsp3) is 0.250. The third-order valence-electron chi connectivity index (χ3n) is 9.43. The van der Waals surface area contributed by atoms with E-state index in [-0.39, 0.29) is 17.7 Å². The van der Waals surface area contributed by atoms with Gasteiger partial charge in [0, 0.05) is 80.4 Å². The van der Waals surface area contributed by atoms with Crippen molar-refractivity contribution in [2.45, 2.75) is 26.3 Å². The van der Waals surface area contributed by atoms with Crippen molar-refractivity contribution in [3.05, 3.63) is 131 Å². The molecule has 11 heteroatoms. The standard InChI is InChI=1S/C40H40N8O3/c1-28-10-15-32(25-36(28)45-40-42-18-16-35(44-40)31-7-6-17-41-26-31)43-37(49)30-13-11-29(12-14-30)27-47-23-21-46(22-24-47)19-4-5-20-48-38(50)33-8-2-3-9-34(33)39(48)51/h2-3,6-18,25-26H,4-5,19-24,27H2,1H3,(H,43,49)(H,42,44,45). The highest BCUT2D eigenvalue weighted by molar-refractivity contribution is 6.21. The number of hydrogen-bond acceptors (Lipinski definition) is 9. The predicted octanol–water partition coefficient (Wildman–Crippen LogP) is 6.04. The van der Waals surface area contributed by atoms with E-state index in [0.29, 0.717) is 34.9 Å². The second kappa shape index (κ2) is 15.4. The molecule has 0 aliphatic carbocycles. The number of carbonyl (C=O) groups excluding carboxylic acids is 3. The van der Waals surface area contributed by atoms with Crippen molar-refractivity contribution < 1.29 is 14.4 Å². The molecule has 1 saturated heterocycles. The molecular formula is C40H40N8O3. The number of nitrogens with zero attached hydrogens (tertiary/aromatic N) is 6. The summed E-state index contributed by atoms with van der Waals surface area (Å²) in [4.78, 5) is 57.8. The molecule has 2 aliphatic rings. The van der Waals surface area contributed by atoms with Crippen molar-refractivity contribution in [2.24, 2.45) is 0 Å². The smallest absolute Gasteiger partial charge is 0.261 e. The summed E-state index contributed by atoms with van der Waals surface area (Å²) >= 11 is 0. The zero-order valence-electron chi connectivity index (χ0n) is 28.6. The van der Waals surface area contributed by atoms with Crippen LogP contribution in [0.3, 0.4) is 0 Å². The molecule has 0 spiro atoms. The van der Waals surface area contributed by atoms with Crippen LogP contribution < -0.4 is 10.6 Å². The number of hydrogen-bond donors (Lipinski definition) is 2. The molecule has 11 nitrogen and oxygen atoms in total. The number of aryl methyl sites for hydroxylation is 1. The molecule has 0 unspecified atom stereocenters. The fourth-order valence-electron chi connectivity index (χ4n) is 6.49. The number of imide groups is 1. The predicted molar refractivity (Wildman–Crippen MR) is 197 cm³/mol. The SMILES string of the molecule is Cc1ccc(NC(=O)c2ccc(CN3CCN(CCCCN4C(=O)c5ccccc5C4=O)CC3)cc2)cc1Nc1nccc(-c2cccnc2)n1. The number of nitrogens with one attached hydrogen (secondary N) is 2. The number of anilines is 3. The van der Waals surface area contributed by atoms with E-state index in [9.17, 15) is 14.4 Å². The van der Waals surface area contributed by atoms with Crippen molar-refractivity contribution in [1.29, 1.82) is 0 Å². The van der Waals surface area contributed by atoms with Gasteiger partial charge in [0.05, 0.1) is 16.8 Å². The Kier molecular flexibility index (Phi) is 10.2. The number of aromatic nitrogens is 3. The molecule has 2 aliphatic heterocycles. The summed E-state index contributed by atoms with van der Waals surface area (Å²) in [7, 11) is 0. The third-order valence-corrected chi connectivity index (χ3v) is 9.43. The van der Waals surface area contributed by atoms with Crippen LogP contribution in [0.5, 0.6) is 0 Å². The summed E-state index contributed by atoms with van der Waals surface area (Å²) < 4.78 is 0. The van der Waals surface area contributed by atoms with Crippen LogP contribution in [0.25, 0.3) is 11.3 Å². The topological polar surface area (TPSA) is 124 Å². The maximum Gasteiger partial charge on any atom is 0.261 e. The third kappa shape index (κ3) is 8.01. The number of amides is 3. The molecule has 4 heterocycles. The van der Waals surface area contributed by atoms with E-state index >= 15 is 0 Å². The van der Waals surface area contributed by atoms with Crippen molar-refractivity contribution in [1.82, 2.24) is 29.7 Å². The van der Waals surface area contributed by atoms with Gasteiger partial charge >= 0.3 is 0 Å². The van der Waals surface area contributed by atoms with Gasteiger partial charge in [-0.05, 0) is 92.0 Å². The highest BCUT2D eigenvalue weighted by atomic mass is 16.2. The Balaban J connectivity index is 0.850. The van der Waals surface area contributed by atoms with Crippen molar-refractivity contribution in [3.8, 4) is 11.3 Å². The summed E-state index contributed by atoms with van der Waals surface area (Å²) in [5, 5.41) is 6.31. The summed E-state index contributed by atoms with van der Waals surface area (Å²) in [5.74, 6) is -0.0789. The first-order valence-electron chi connectivity index (χ1n) is 17.3.